The number of carbonyl (C=O) groups is 1. The summed E-state index contributed by atoms with van der Waals surface area (Å²) in [6.45, 7) is 2.52. The van der Waals surface area contributed by atoms with E-state index in [0.717, 1.165) is 26.2 Å². The summed E-state index contributed by atoms with van der Waals surface area (Å²) in [5.41, 5.74) is 2.37. The average molecular weight is 713 g/mol. The van der Waals surface area contributed by atoms with Crippen molar-refractivity contribution < 1.29 is 64.2 Å². The molecule has 11 atom stereocenters. The SMILES string of the molecule is O=C(COCCN1CCN(C(c2ccccc2)c2ccc(Cl)cc2)CC1)OC[C@H]1O[C@@H](O[C@H]2[C@H](O)[C@@H](O)C(O)O[C@@H]2CO)[C@H](O)[C@@H](O)[C@H]1O. The Hall–Kier alpha value is -2.32. The molecule has 49 heavy (non-hydrogen) atoms. The van der Waals surface area contributed by atoms with Gasteiger partial charge in [0, 0.05) is 37.7 Å². The first-order valence-electron chi connectivity index (χ1n) is 16.2. The maximum atomic E-state index is 12.4. The summed E-state index contributed by atoms with van der Waals surface area (Å²) in [5.74, 6) is -0.749. The second kappa shape index (κ2) is 17.7. The van der Waals surface area contributed by atoms with Crippen molar-refractivity contribution in [3.63, 3.8) is 0 Å². The molecule has 5 rings (SSSR count). The van der Waals surface area contributed by atoms with E-state index in [1.165, 1.54) is 11.1 Å². The monoisotopic (exact) mass is 712 g/mol. The molecule has 0 aromatic heterocycles. The van der Waals surface area contributed by atoms with Crippen molar-refractivity contribution in [1.82, 2.24) is 9.80 Å². The van der Waals surface area contributed by atoms with Gasteiger partial charge >= 0.3 is 5.97 Å². The van der Waals surface area contributed by atoms with Crippen LogP contribution in [0.25, 0.3) is 0 Å². The van der Waals surface area contributed by atoms with Crippen LogP contribution in [0.1, 0.15) is 17.2 Å². The molecule has 3 aliphatic heterocycles. The minimum Gasteiger partial charge on any atom is -0.461 e. The van der Waals surface area contributed by atoms with Crippen LogP contribution in [0.15, 0.2) is 54.6 Å². The molecule has 7 N–H and O–H groups in total. The second-order valence-corrected chi connectivity index (χ2v) is 12.8. The zero-order valence-corrected chi connectivity index (χ0v) is 27.5. The first kappa shape index (κ1) is 37.9. The predicted molar refractivity (Wildman–Crippen MR) is 171 cm³/mol. The van der Waals surface area contributed by atoms with Gasteiger partial charge in [-0.25, -0.2) is 4.79 Å². The minimum atomic E-state index is -1.82. The summed E-state index contributed by atoms with van der Waals surface area (Å²) in [5, 5.41) is 71.4. The molecule has 0 saturated carbocycles. The number of halogens is 1. The molecule has 272 valence electrons. The van der Waals surface area contributed by atoms with E-state index in [2.05, 4.69) is 34.1 Å². The number of hydrogen-bond donors (Lipinski definition) is 7. The number of nitrogens with zero attached hydrogens (tertiary/aromatic N) is 2. The summed E-state index contributed by atoms with van der Waals surface area (Å²) < 4.78 is 26.8. The van der Waals surface area contributed by atoms with Gasteiger partial charge in [0.25, 0.3) is 0 Å². The number of aliphatic hydroxyl groups excluding tert-OH is 7. The minimum absolute atomic E-state index is 0.0942. The molecule has 0 spiro atoms. The highest BCUT2D eigenvalue weighted by atomic mass is 35.5. The van der Waals surface area contributed by atoms with Crippen LogP contribution in [-0.4, -0.2) is 172 Å². The fourth-order valence-electron chi connectivity index (χ4n) is 6.26. The fraction of sp³-hybridized carbons (Fsp3) is 0.606. The van der Waals surface area contributed by atoms with Gasteiger partial charge in [0.1, 0.15) is 62.0 Å². The van der Waals surface area contributed by atoms with E-state index in [1.807, 2.05) is 30.3 Å². The van der Waals surface area contributed by atoms with E-state index in [-0.39, 0.29) is 19.3 Å². The van der Waals surface area contributed by atoms with Gasteiger partial charge in [-0.05, 0) is 23.3 Å². The quantitative estimate of drug-likeness (QED) is 0.0905. The number of benzene rings is 2. The maximum absolute atomic E-state index is 12.4. The molecule has 0 radical (unpaired) electrons. The lowest BCUT2D eigenvalue weighted by molar-refractivity contribution is -0.355. The van der Waals surface area contributed by atoms with E-state index in [4.69, 9.17) is 35.3 Å². The smallest absolute Gasteiger partial charge is 0.332 e. The highest BCUT2D eigenvalue weighted by Crippen LogP contribution is 2.31. The molecule has 0 amide bonds. The van der Waals surface area contributed by atoms with Crippen molar-refractivity contribution in [2.45, 2.75) is 67.5 Å². The third-order valence-electron chi connectivity index (χ3n) is 9.05. The summed E-state index contributed by atoms with van der Waals surface area (Å²) in [4.78, 5) is 17.1. The highest BCUT2D eigenvalue weighted by Gasteiger charge is 2.50. The second-order valence-electron chi connectivity index (χ2n) is 12.3. The van der Waals surface area contributed by atoms with Gasteiger partial charge in [-0.15, -0.1) is 0 Å². The zero-order chi connectivity index (χ0) is 35.1. The maximum Gasteiger partial charge on any atom is 0.332 e. The number of piperazine rings is 1. The Labute approximate surface area is 288 Å². The van der Waals surface area contributed by atoms with Crippen LogP contribution in [0, 0.1) is 0 Å². The zero-order valence-electron chi connectivity index (χ0n) is 26.8. The van der Waals surface area contributed by atoms with Gasteiger partial charge < -0.3 is 59.4 Å². The Morgan fingerprint density at radius 2 is 1.49 bits per heavy atom. The Bertz CT molecular complexity index is 1300. The van der Waals surface area contributed by atoms with Crippen molar-refractivity contribution in [3.05, 3.63) is 70.7 Å². The van der Waals surface area contributed by atoms with E-state index < -0.39 is 80.6 Å². The summed E-state index contributed by atoms with van der Waals surface area (Å²) in [7, 11) is 0. The lowest BCUT2D eigenvalue weighted by Gasteiger charge is -2.45. The first-order valence-corrected chi connectivity index (χ1v) is 16.6. The van der Waals surface area contributed by atoms with Crippen LogP contribution in [-0.2, 0) is 28.5 Å². The Balaban J connectivity index is 1.04. The van der Waals surface area contributed by atoms with E-state index in [1.54, 1.807) is 0 Å². The van der Waals surface area contributed by atoms with E-state index >= 15 is 0 Å². The number of esters is 1. The molecular formula is C33H45ClN2O13. The molecular weight excluding hydrogens is 668 g/mol. The van der Waals surface area contributed by atoms with Crippen LogP contribution in [0.4, 0.5) is 0 Å². The molecule has 3 saturated heterocycles. The molecule has 2 unspecified atom stereocenters. The van der Waals surface area contributed by atoms with Crippen LogP contribution in [0.3, 0.4) is 0 Å². The number of aliphatic hydroxyl groups is 7. The van der Waals surface area contributed by atoms with Gasteiger partial charge in [0.15, 0.2) is 12.6 Å². The molecule has 2 aromatic rings. The van der Waals surface area contributed by atoms with Crippen LogP contribution in [0.5, 0.6) is 0 Å². The predicted octanol–water partition coefficient (Wildman–Crippen LogP) is -1.77. The number of carbonyl (C=O) groups excluding carboxylic acids is 1. The summed E-state index contributed by atoms with van der Waals surface area (Å²) in [6.07, 6.45) is -16.5. The first-order chi connectivity index (χ1) is 23.6. The van der Waals surface area contributed by atoms with Crippen molar-refractivity contribution in [2.75, 3.05) is 59.2 Å². The van der Waals surface area contributed by atoms with Crippen LogP contribution < -0.4 is 0 Å². The molecule has 0 bridgehead atoms. The summed E-state index contributed by atoms with van der Waals surface area (Å²) in [6, 6.07) is 18.3. The van der Waals surface area contributed by atoms with Gasteiger partial charge in [-0.3, -0.25) is 9.80 Å². The standard InChI is InChI=1S/C33H45ClN2O13/c34-21-8-6-20(7-9-21)25(19-4-2-1-3-5-19)36-12-10-35(11-13-36)14-15-45-18-24(38)46-17-23-26(39)27(40)30(43)33(48-23)49-31-22(16-37)47-32(44)29(42)28(31)41/h1-9,22-23,25-33,37,39-44H,10-18H2/t22-,23-,25?,26+,27+,28-,29-,30-,31-,32?,33+/m1/s1. The molecule has 0 aliphatic carbocycles. The lowest BCUT2D eigenvalue weighted by atomic mass is 9.96. The fourth-order valence-corrected chi connectivity index (χ4v) is 6.39. The van der Waals surface area contributed by atoms with E-state index in [0.29, 0.717) is 11.6 Å². The van der Waals surface area contributed by atoms with Crippen molar-refractivity contribution >= 4 is 17.6 Å². The van der Waals surface area contributed by atoms with Gasteiger partial charge in [-0.1, -0.05) is 54.1 Å². The number of hydrogen-bond acceptors (Lipinski definition) is 15. The Kier molecular flexibility index (Phi) is 13.7. The van der Waals surface area contributed by atoms with Gasteiger partial charge in [0.05, 0.1) is 19.3 Å². The Morgan fingerprint density at radius 1 is 0.816 bits per heavy atom. The average Bonchev–Trinajstić information content (AvgIpc) is 3.11. The normalized spacial score (nSPS) is 33.6. The van der Waals surface area contributed by atoms with Gasteiger partial charge in [-0.2, -0.15) is 0 Å². The topological polar surface area (TPSA) is 211 Å². The highest BCUT2D eigenvalue weighted by molar-refractivity contribution is 6.30. The molecule has 2 aromatic carbocycles. The molecule has 16 heteroatoms. The molecule has 15 nitrogen and oxygen atoms in total. The molecule has 3 fully saturated rings. The Morgan fingerprint density at radius 3 is 2.16 bits per heavy atom. The van der Waals surface area contributed by atoms with Crippen molar-refractivity contribution in [1.29, 1.82) is 0 Å². The largest absolute Gasteiger partial charge is 0.461 e. The van der Waals surface area contributed by atoms with Crippen molar-refractivity contribution in [2.24, 2.45) is 0 Å². The van der Waals surface area contributed by atoms with Crippen molar-refractivity contribution in [3.8, 4) is 0 Å². The number of rotatable bonds is 13. The van der Waals surface area contributed by atoms with Crippen LogP contribution >= 0.6 is 11.6 Å². The molecule has 3 heterocycles. The van der Waals surface area contributed by atoms with Gasteiger partial charge in [0.2, 0.25) is 0 Å². The van der Waals surface area contributed by atoms with Crippen LogP contribution in [0.2, 0.25) is 5.02 Å². The summed E-state index contributed by atoms with van der Waals surface area (Å²) >= 11 is 6.14. The molecule has 3 aliphatic rings. The lowest BCUT2D eigenvalue weighted by Crippen LogP contribution is -2.64. The number of ether oxygens (including phenoxy) is 5. The third kappa shape index (κ3) is 9.52. The van der Waals surface area contributed by atoms with E-state index in [9.17, 15) is 40.5 Å². The third-order valence-corrected chi connectivity index (χ3v) is 9.30.